The van der Waals surface area contributed by atoms with Gasteiger partial charge in [-0.1, -0.05) is 36.4 Å². The number of carboxylic acids is 1. The van der Waals surface area contributed by atoms with Crippen molar-refractivity contribution in [2.24, 2.45) is 5.92 Å². The fourth-order valence-electron chi connectivity index (χ4n) is 4.27. The van der Waals surface area contributed by atoms with Crippen molar-refractivity contribution in [3.8, 4) is 0 Å². The minimum absolute atomic E-state index is 0.0373. The van der Waals surface area contributed by atoms with E-state index < -0.39 is 17.7 Å². The molecule has 2 aromatic rings. The van der Waals surface area contributed by atoms with Crippen LogP contribution in [-0.2, 0) is 6.18 Å². The number of rotatable bonds is 2. The standard InChI is InChI=1S/C21H18F3NO2/c1-11-14(20(26)27)8-9-17-15-6-3-7-16(15)19(25-18(11)17)12-4-2-5-13(10-12)21(22,23)24/h2-6,8-10,15-16,19,25H,7H2,1H3,(H,26,27)/p-1/t15-,16+,19+/m0/s1. The molecular weight excluding hydrogens is 355 g/mol. The van der Waals surface area contributed by atoms with Gasteiger partial charge in [-0.3, -0.25) is 0 Å². The lowest BCUT2D eigenvalue weighted by molar-refractivity contribution is -0.255. The van der Waals surface area contributed by atoms with E-state index in [1.165, 1.54) is 12.1 Å². The summed E-state index contributed by atoms with van der Waals surface area (Å²) in [6.45, 7) is 1.69. The van der Waals surface area contributed by atoms with Gasteiger partial charge >= 0.3 is 6.18 Å². The third-order valence-corrected chi connectivity index (χ3v) is 5.59. The maximum atomic E-state index is 13.1. The molecule has 4 rings (SSSR count). The van der Waals surface area contributed by atoms with Crippen LogP contribution >= 0.6 is 0 Å². The molecule has 1 aliphatic carbocycles. The van der Waals surface area contributed by atoms with Crippen molar-refractivity contribution in [2.75, 3.05) is 5.32 Å². The Morgan fingerprint density at radius 3 is 2.70 bits per heavy atom. The Balaban J connectivity index is 1.82. The first-order valence-electron chi connectivity index (χ1n) is 8.72. The molecule has 3 atom stereocenters. The molecular formula is C21H17F3NO2-. The summed E-state index contributed by atoms with van der Waals surface area (Å²) in [5.41, 5.74) is 2.14. The molecule has 2 aromatic carbocycles. The number of allylic oxidation sites excluding steroid dienone is 2. The van der Waals surface area contributed by atoms with Crippen LogP contribution in [0.25, 0.3) is 0 Å². The Morgan fingerprint density at radius 1 is 1.22 bits per heavy atom. The van der Waals surface area contributed by atoms with Crippen molar-refractivity contribution in [1.29, 1.82) is 0 Å². The maximum Gasteiger partial charge on any atom is 0.416 e. The largest absolute Gasteiger partial charge is 0.545 e. The second-order valence-corrected chi connectivity index (χ2v) is 7.09. The van der Waals surface area contributed by atoms with Gasteiger partial charge in [0.25, 0.3) is 0 Å². The number of carbonyl (C=O) groups is 1. The van der Waals surface area contributed by atoms with Crippen LogP contribution in [0.5, 0.6) is 0 Å². The van der Waals surface area contributed by atoms with Crippen molar-refractivity contribution in [2.45, 2.75) is 31.5 Å². The maximum absolute atomic E-state index is 13.1. The number of nitrogens with one attached hydrogen (secondary N) is 1. The van der Waals surface area contributed by atoms with Crippen LogP contribution in [0.4, 0.5) is 18.9 Å². The van der Waals surface area contributed by atoms with E-state index in [4.69, 9.17) is 0 Å². The minimum atomic E-state index is -4.41. The number of halogens is 3. The normalized spacial score (nSPS) is 23.5. The third kappa shape index (κ3) is 2.89. The van der Waals surface area contributed by atoms with E-state index in [1.807, 2.05) is 6.08 Å². The van der Waals surface area contributed by atoms with Crippen molar-refractivity contribution < 1.29 is 23.1 Å². The molecule has 0 bridgehead atoms. The average molecular weight is 372 g/mol. The van der Waals surface area contributed by atoms with Gasteiger partial charge in [-0.2, -0.15) is 13.2 Å². The van der Waals surface area contributed by atoms with E-state index >= 15 is 0 Å². The van der Waals surface area contributed by atoms with Crippen molar-refractivity contribution in [3.63, 3.8) is 0 Å². The molecule has 0 radical (unpaired) electrons. The summed E-state index contributed by atoms with van der Waals surface area (Å²) in [7, 11) is 0. The summed E-state index contributed by atoms with van der Waals surface area (Å²) < 4.78 is 39.4. The third-order valence-electron chi connectivity index (χ3n) is 5.59. The molecule has 6 heteroatoms. The predicted molar refractivity (Wildman–Crippen MR) is 93.3 cm³/mol. The molecule has 27 heavy (non-hydrogen) atoms. The second-order valence-electron chi connectivity index (χ2n) is 7.09. The van der Waals surface area contributed by atoms with Crippen molar-refractivity contribution >= 4 is 11.7 Å². The topological polar surface area (TPSA) is 52.2 Å². The molecule has 3 nitrogen and oxygen atoms in total. The quantitative estimate of drug-likeness (QED) is 0.804. The van der Waals surface area contributed by atoms with Crippen LogP contribution in [-0.4, -0.2) is 5.97 Å². The Labute approximate surface area is 154 Å². The highest BCUT2D eigenvalue weighted by Gasteiger charge is 2.39. The van der Waals surface area contributed by atoms with E-state index in [0.29, 0.717) is 16.8 Å². The number of hydrogen-bond donors (Lipinski definition) is 1. The zero-order chi connectivity index (χ0) is 19.3. The van der Waals surface area contributed by atoms with Gasteiger partial charge in [-0.05, 0) is 48.1 Å². The fourth-order valence-corrected chi connectivity index (χ4v) is 4.27. The first-order valence-corrected chi connectivity index (χ1v) is 8.72. The number of hydrogen-bond acceptors (Lipinski definition) is 3. The van der Waals surface area contributed by atoms with Gasteiger partial charge in [0.05, 0.1) is 17.6 Å². The van der Waals surface area contributed by atoms with Crippen LogP contribution in [0.1, 0.15) is 51.0 Å². The van der Waals surface area contributed by atoms with Crippen LogP contribution in [0.15, 0.2) is 48.6 Å². The predicted octanol–water partition coefficient (Wildman–Crippen LogP) is 4.20. The van der Waals surface area contributed by atoms with Gasteiger partial charge in [0, 0.05) is 17.2 Å². The monoisotopic (exact) mass is 372 g/mol. The van der Waals surface area contributed by atoms with Crippen molar-refractivity contribution in [1.82, 2.24) is 0 Å². The summed E-state index contributed by atoms with van der Waals surface area (Å²) in [6.07, 6.45) is 0.436. The zero-order valence-electron chi connectivity index (χ0n) is 14.5. The van der Waals surface area contributed by atoms with Gasteiger partial charge in [0.15, 0.2) is 0 Å². The second kappa shape index (κ2) is 6.15. The van der Waals surface area contributed by atoms with Crippen LogP contribution in [0.3, 0.4) is 0 Å². The highest BCUT2D eigenvalue weighted by atomic mass is 19.4. The number of carbonyl (C=O) groups excluding carboxylic acids is 1. The van der Waals surface area contributed by atoms with Gasteiger partial charge in [0.2, 0.25) is 0 Å². The van der Waals surface area contributed by atoms with E-state index in [1.54, 1.807) is 25.1 Å². The minimum Gasteiger partial charge on any atom is -0.545 e. The van der Waals surface area contributed by atoms with Crippen LogP contribution < -0.4 is 10.4 Å². The van der Waals surface area contributed by atoms with E-state index in [2.05, 4.69) is 11.4 Å². The highest BCUT2D eigenvalue weighted by molar-refractivity contribution is 5.90. The molecule has 0 amide bonds. The number of anilines is 1. The number of aromatic carboxylic acids is 1. The molecule has 140 valence electrons. The van der Waals surface area contributed by atoms with E-state index in [-0.39, 0.29) is 23.4 Å². The van der Waals surface area contributed by atoms with Gasteiger partial charge < -0.3 is 15.2 Å². The van der Waals surface area contributed by atoms with Gasteiger partial charge in [-0.15, -0.1) is 0 Å². The Hall–Kier alpha value is -2.76. The zero-order valence-corrected chi connectivity index (χ0v) is 14.5. The molecule has 0 spiro atoms. The van der Waals surface area contributed by atoms with E-state index in [0.717, 1.165) is 18.1 Å². The molecule has 0 saturated carbocycles. The van der Waals surface area contributed by atoms with Gasteiger partial charge in [-0.25, -0.2) is 0 Å². The number of alkyl halides is 3. The number of fused-ring (bicyclic) bond motifs is 3. The highest BCUT2D eigenvalue weighted by Crippen LogP contribution is 2.51. The molecule has 0 aromatic heterocycles. The number of benzene rings is 2. The molecule has 1 aliphatic heterocycles. The van der Waals surface area contributed by atoms with Gasteiger partial charge in [0.1, 0.15) is 0 Å². The smallest absolute Gasteiger partial charge is 0.416 e. The number of carboxylic acid groups (broad SMARTS) is 1. The van der Waals surface area contributed by atoms with Crippen LogP contribution in [0.2, 0.25) is 0 Å². The molecule has 0 unspecified atom stereocenters. The Kier molecular flexibility index (Phi) is 4.02. The Morgan fingerprint density at radius 2 is 2.00 bits per heavy atom. The lowest BCUT2D eigenvalue weighted by Gasteiger charge is -2.39. The lowest BCUT2D eigenvalue weighted by Crippen LogP contribution is -2.31. The molecule has 1 heterocycles. The molecule has 2 aliphatic rings. The SMILES string of the molecule is Cc1c(C(=O)[O-])ccc2c1N[C@H](c1cccc(C(F)(F)F)c1)[C@@H]1CC=C[C@H]21. The fraction of sp³-hybridized carbons (Fsp3) is 0.286. The molecule has 0 saturated heterocycles. The summed E-state index contributed by atoms with van der Waals surface area (Å²) in [4.78, 5) is 11.4. The first kappa shape index (κ1) is 17.6. The van der Waals surface area contributed by atoms with E-state index in [9.17, 15) is 23.1 Å². The molecule has 0 fully saturated rings. The van der Waals surface area contributed by atoms with Crippen molar-refractivity contribution in [3.05, 3.63) is 76.4 Å². The summed E-state index contributed by atoms with van der Waals surface area (Å²) in [5, 5.41) is 14.7. The Bertz CT molecular complexity index is 949. The average Bonchev–Trinajstić information content (AvgIpc) is 3.10. The lowest BCUT2D eigenvalue weighted by atomic mass is 9.75. The summed E-state index contributed by atoms with van der Waals surface area (Å²) in [5.74, 6) is -1.15. The summed E-state index contributed by atoms with van der Waals surface area (Å²) in [6, 6.07) is 8.31. The molecule has 1 N–H and O–H groups in total. The first-order chi connectivity index (χ1) is 12.8. The summed E-state index contributed by atoms with van der Waals surface area (Å²) >= 11 is 0. The van der Waals surface area contributed by atoms with Crippen LogP contribution in [0, 0.1) is 12.8 Å².